The minimum absolute atomic E-state index is 0.0661. The van der Waals surface area contributed by atoms with Gasteiger partial charge in [0.1, 0.15) is 6.61 Å². The second kappa shape index (κ2) is 9.14. The highest BCUT2D eigenvalue weighted by Crippen LogP contribution is 2.28. The third-order valence-corrected chi connectivity index (χ3v) is 4.71. The van der Waals surface area contributed by atoms with E-state index in [0.717, 1.165) is 23.8 Å². The molecule has 1 aromatic carbocycles. The van der Waals surface area contributed by atoms with Crippen LogP contribution >= 0.6 is 0 Å². The van der Waals surface area contributed by atoms with Crippen molar-refractivity contribution in [1.29, 1.82) is 0 Å². The van der Waals surface area contributed by atoms with Gasteiger partial charge >= 0.3 is 6.09 Å². The second-order valence-electron chi connectivity index (χ2n) is 6.68. The summed E-state index contributed by atoms with van der Waals surface area (Å²) in [7, 11) is 0. The van der Waals surface area contributed by atoms with E-state index in [1.54, 1.807) is 17.0 Å². The summed E-state index contributed by atoms with van der Waals surface area (Å²) in [4.78, 5) is 29.7. The van der Waals surface area contributed by atoms with Crippen molar-refractivity contribution in [2.45, 2.75) is 13.3 Å². The predicted octanol–water partition coefficient (Wildman–Crippen LogP) is 4.27. The smallest absolute Gasteiger partial charge is 0.410 e. The number of halogens is 1. The fourth-order valence-corrected chi connectivity index (χ4v) is 3.09. The van der Waals surface area contributed by atoms with Crippen molar-refractivity contribution >= 4 is 23.3 Å². The highest BCUT2D eigenvalue weighted by molar-refractivity contribution is 6.04. The van der Waals surface area contributed by atoms with E-state index in [4.69, 9.17) is 4.74 Å². The summed E-state index contributed by atoms with van der Waals surface area (Å²) in [5.74, 6) is -1.21. The molecule has 2 aromatic rings. The van der Waals surface area contributed by atoms with E-state index in [2.05, 4.69) is 16.9 Å². The zero-order valence-electron chi connectivity index (χ0n) is 16.2. The monoisotopic (exact) mass is 395 g/mol. The Morgan fingerprint density at radius 2 is 2.07 bits per heavy atom. The summed E-state index contributed by atoms with van der Waals surface area (Å²) < 4.78 is 18.8. The number of hydrogen-bond acceptors (Lipinski definition) is 4. The van der Waals surface area contributed by atoms with Gasteiger partial charge in [0.15, 0.2) is 5.82 Å². The molecule has 1 aliphatic heterocycles. The molecule has 0 saturated carbocycles. The molecule has 150 valence electrons. The summed E-state index contributed by atoms with van der Waals surface area (Å²) in [6.07, 6.45) is 4.30. The van der Waals surface area contributed by atoms with Gasteiger partial charge in [0.2, 0.25) is 0 Å². The molecule has 6 nitrogen and oxygen atoms in total. The third kappa shape index (κ3) is 4.87. The largest absolute Gasteiger partial charge is 0.445 e. The van der Waals surface area contributed by atoms with Gasteiger partial charge < -0.3 is 15.0 Å². The molecule has 2 amide bonds. The van der Waals surface area contributed by atoms with Gasteiger partial charge in [-0.1, -0.05) is 30.4 Å². The molecule has 7 heteroatoms. The van der Waals surface area contributed by atoms with Gasteiger partial charge in [0.05, 0.1) is 11.8 Å². The summed E-state index contributed by atoms with van der Waals surface area (Å²) in [5.41, 5.74) is 3.69. The van der Waals surface area contributed by atoms with Crippen molar-refractivity contribution in [3.8, 4) is 0 Å². The molecule has 1 N–H and O–H groups in total. The molecule has 0 fully saturated rings. The fourth-order valence-electron chi connectivity index (χ4n) is 3.09. The van der Waals surface area contributed by atoms with Crippen molar-refractivity contribution in [2.75, 3.05) is 25.0 Å². The average Bonchev–Trinajstić information content (AvgIpc) is 2.73. The molecule has 0 aliphatic carbocycles. The molecule has 0 unspecified atom stereocenters. The quantitative estimate of drug-likeness (QED) is 0.768. The third-order valence-electron chi connectivity index (χ3n) is 4.71. The van der Waals surface area contributed by atoms with Crippen molar-refractivity contribution in [1.82, 2.24) is 9.88 Å². The van der Waals surface area contributed by atoms with Gasteiger partial charge in [0, 0.05) is 25.0 Å². The molecule has 0 bridgehead atoms. The van der Waals surface area contributed by atoms with Crippen molar-refractivity contribution in [3.63, 3.8) is 0 Å². The maximum absolute atomic E-state index is 13.7. The van der Waals surface area contributed by atoms with E-state index >= 15 is 0 Å². The number of pyridine rings is 1. The van der Waals surface area contributed by atoms with Gasteiger partial charge in [-0.25, -0.2) is 9.18 Å². The summed E-state index contributed by atoms with van der Waals surface area (Å²) in [6.45, 7) is 6.83. The highest BCUT2D eigenvalue weighted by Gasteiger charge is 2.23. The number of ether oxygens (including phenoxy) is 1. The van der Waals surface area contributed by atoms with E-state index in [-0.39, 0.29) is 18.3 Å². The van der Waals surface area contributed by atoms with Crippen molar-refractivity contribution in [2.24, 2.45) is 0 Å². The number of nitrogens with zero attached hydrogens (tertiary/aromatic N) is 2. The Kier molecular flexibility index (Phi) is 6.39. The first kappa shape index (κ1) is 20.3. The first-order chi connectivity index (χ1) is 14.0. The summed E-state index contributed by atoms with van der Waals surface area (Å²) in [5, 5.41) is 2.67. The molecule has 0 atom stereocenters. The van der Waals surface area contributed by atoms with Crippen LogP contribution in [0.15, 0.2) is 61.0 Å². The van der Waals surface area contributed by atoms with Crippen LogP contribution in [-0.2, 0) is 4.74 Å². The zero-order chi connectivity index (χ0) is 20.8. The Bertz CT molecular complexity index is 954. The van der Waals surface area contributed by atoms with Gasteiger partial charge in [-0.15, -0.1) is 0 Å². The van der Waals surface area contributed by atoms with E-state index in [1.165, 1.54) is 23.9 Å². The number of rotatable bonds is 5. The van der Waals surface area contributed by atoms with Crippen LogP contribution in [0, 0.1) is 5.82 Å². The van der Waals surface area contributed by atoms with Gasteiger partial charge in [-0.2, -0.15) is 0 Å². The van der Waals surface area contributed by atoms with Crippen molar-refractivity contribution < 1.29 is 18.7 Å². The Morgan fingerprint density at radius 3 is 2.76 bits per heavy atom. The summed E-state index contributed by atoms with van der Waals surface area (Å²) >= 11 is 0. The summed E-state index contributed by atoms with van der Waals surface area (Å²) in [6, 6.07) is 8.57. The van der Waals surface area contributed by atoms with E-state index in [0.29, 0.717) is 18.8 Å². The lowest BCUT2D eigenvalue weighted by molar-refractivity contribution is 0.102. The fraction of sp³-hybridized carbons (Fsp3) is 0.227. The zero-order valence-corrected chi connectivity index (χ0v) is 16.2. The maximum atomic E-state index is 13.7. The molecular formula is C22H22FN3O3. The van der Waals surface area contributed by atoms with Crippen LogP contribution in [0.5, 0.6) is 0 Å². The van der Waals surface area contributed by atoms with E-state index in [1.807, 2.05) is 19.1 Å². The average molecular weight is 395 g/mol. The van der Waals surface area contributed by atoms with Crippen molar-refractivity contribution in [3.05, 3.63) is 77.9 Å². The normalized spacial score (nSPS) is 13.8. The topological polar surface area (TPSA) is 71.5 Å². The number of benzene rings is 1. The lowest BCUT2D eigenvalue weighted by atomic mass is 9.95. The van der Waals surface area contributed by atoms with Crippen LogP contribution in [-0.4, -0.2) is 41.6 Å². The predicted molar refractivity (Wildman–Crippen MR) is 109 cm³/mol. The number of carbonyl (C=O) groups is 2. The van der Waals surface area contributed by atoms with Gasteiger partial charge in [-0.3, -0.25) is 9.78 Å². The SMILES string of the molecule is C=CCOC(=O)N1CCC(C)=C(c2ccc(NC(=O)c3ccncc3F)cc2)C1. The van der Waals surface area contributed by atoms with Crippen LogP contribution in [0.25, 0.3) is 5.57 Å². The standard InChI is InChI=1S/C22H22FN3O3/c1-3-12-29-22(28)26-11-9-15(2)19(14-26)16-4-6-17(7-5-16)25-21(27)18-8-10-24-13-20(18)23/h3-8,10,13H,1,9,11-12,14H2,2H3,(H,25,27). The molecule has 2 heterocycles. The Balaban J connectivity index is 1.70. The minimum Gasteiger partial charge on any atom is -0.445 e. The number of carbonyl (C=O) groups excluding carboxylic acids is 2. The maximum Gasteiger partial charge on any atom is 0.410 e. The molecular weight excluding hydrogens is 373 g/mol. The molecule has 0 radical (unpaired) electrons. The molecule has 3 rings (SSSR count). The molecule has 0 spiro atoms. The Morgan fingerprint density at radius 1 is 1.31 bits per heavy atom. The molecule has 0 saturated heterocycles. The highest BCUT2D eigenvalue weighted by atomic mass is 19.1. The Hall–Kier alpha value is -3.48. The lowest BCUT2D eigenvalue weighted by Crippen LogP contribution is -2.36. The molecule has 1 aromatic heterocycles. The minimum atomic E-state index is -0.673. The van der Waals surface area contributed by atoms with E-state index in [9.17, 15) is 14.0 Å². The molecule has 1 aliphatic rings. The lowest BCUT2D eigenvalue weighted by Gasteiger charge is -2.29. The number of hydrogen-bond donors (Lipinski definition) is 1. The number of nitrogens with one attached hydrogen (secondary N) is 1. The first-order valence-electron chi connectivity index (χ1n) is 9.22. The van der Waals surface area contributed by atoms with Crippen LogP contribution in [0.4, 0.5) is 14.9 Å². The van der Waals surface area contributed by atoms with E-state index < -0.39 is 11.7 Å². The van der Waals surface area contributed by atoms with Gasteiger partial charge in [-0.05, 0) is 42.7 Å². The number of aromatic nitrogens is 1. The second-order valence-corrected chi connectivity index (χ2v) is 6.68. The van der Waals surface area contributed by atoms with Crippen LogP contribution in [0.3, 0.4) is 0 Å². The Labute approximate surface area is 168 Å². The van der Waals surface area contributed by atoms with Crippen LogP contribution < -0.4 is 5.32 Å². The molecule has 29 heavy (non-hydrogen) atoms. The number of amides is 2. The first-order valence-corrected chi connectivity index (χ1v) is 9.22. The van der Waals surface area contributed by atoms with Crippen LogP contribution in [0.2, 0.25) is 0 Å². The van der Waals surface area contributed by atoms with Crippen LogP contribution in [0.1, 0.15) is 29.3 Å². The number of anilines is 1. The van der Waals surface area contributed by atoms with Gasteiger partial charge in [0.25, 0.3) is 5.91 Å².